The van der Waals surface area contributed by atoms with E-state index in [9.17, 15) is 18.0 Å². The number of ether oxygens (including phenoxy) is 2. The minimum atomic E-state index is -4.71. The highest BCUT2D eigenvalue weighted by atomic mass is 19.4. The molecule has 0 bridgehead atoms. The fourth-order valence-corrected chi connectivity index (χ4v) is 3.76. The van der Waals surface area contributed by atoms with Gasteiger partial charge in [-0.25, -0.2) is 4.98 Å². The van der Waals surface area contributed by atoms with Gasteiger partial charge in [-0.15, -0.1) is 5.53 Å². The molecule has 8 nitrogen and oxygen atoms in total. The largest absolute Gasteiger partial charge is 0.488 e. The Morgan fingerprint density at radius 1 is 1.35 bits per heavy atom. The zero-order valence-corrected chi connectivity index (χ0v) is 17.8. The molecule has 0 saturated heterocycles. The summed E-state index contributed by atoms with van der Waals surface area (Å²) in [4.78, 5) is 16.0. The van der Waals surface area contributed by atoms with E-state index < -0.39 is 18.0 Å². The van der Waals surface area contributed by atoms with Crippen LogP contribution in [0.5, 0.6) is 5.75 Å². The summed E-state index contributed by atoms with van der Waals surface area (Å²) in [6.45, 7) is 3.63. The smallest absolute Gasteiger partial charge is 0.437 e. The lowest BCUT2D eigenvalue weighted by molar-refractivity contribution is -0.155. The zero-order valence-electron chi connectivity index (χ0n) is 17.8. The lowest BCUT2D eigenvalue weighted by atomic mass is 9.87. The molecule has 4 N–H and O–H groups in total. The number of nitrogens with two attached hydrogens (primary N) is 1. The lowest BCUT2D eigenvalue weighted by Gasteiger charge is -2.29. The number of nitrogens with one attached hydrogen (secondary N) is 2. The number of aromatic nitrogens is 1. The number of nitrogens with zero attached hydrogens (tertiary/aromatic N) is 2. The average Bonchev–Trinajstić information content (AvgIpc) is 3.07. The van der Waals surface area contributed by atoms with Crippen LogP contribution >= 0.6 is 0 Å². The normalized spacial score (nSPS) is 22.0. The Bertz CT molecular complexity index is 844. The number of carbonyl (C=O) groups excluding carboxylic acids is 1. The predicted molar refractivity (Wildman–Crippen MR) is 107 cm³/mol. The zero-order chi connectivity index (χ0) is 22.8. The third-order valence-corrected chi connectivity index (χ3v) is 5.22. The molecule has 172 valence electrons. The molecule has 0 radical (unpaired) electrons. The molecule has 1 fully saturated rings. The van der Waals surface area contributed by atoms with E-state index in [4.69, 9.17) is 15.2 Å². The van der Waals surface area contributed by atoms with Crippen molar-refractivity contribution in [2.45, 2.75) is 57.9 Å². The Labute approximate surface area is 178 Å². The first kappa shape index (κ1) is 23.1. The number of carbonyl (C=O) groups is 1. The highest BCUT2D eigenvalue weighted by Gasteiger charge is 2.39. The third kappa shape index (κ3) is 5.40. The van der Waals surface area contributed by atoms with Gasteiger partial charge in [0.05, 0.1) is 35.2 Å². The van der Waals surface area contributed by atoms with E-state index in [1.807, 2.05) is 0 Å². The SMILES string of the molecule is CC(C)OC(=O)[C@H]1CCC[C@H](Oc2ccc(C3=C(CN)N(C)NN3)nc2C(F)(F)F)C1. The monoisotopic (exact) mass is 443 g/mol. The summed E-state index contributed by atoms with van der Waals surface area (Å²) >= 11 is 0. The van der Waals surface area contributed by atoms with E-state index in [-0.39, 0.29) is 36.0 Å². The molecule has 1 aliphatic heterocycles. The summed E-state index contributed by atoms with van der Waals surface area (Å²) in [6, 6.07) is 2.72. The van der Waals surface area contributed by atoms with E-state index in [0.29, 0.717) is 37.1 Å². The molecule has 1 aliphatic carbocycles. The predicted octanol–water partition coefficient (Wildman–Crippen LogP) is 2.57. The van der Waals surface area contributed by atoms with Gasteiger partial charge >= 0.3 is 12.1 Å². The molecule has 11 heteroatoms. The van der Waals surface area contributed by atoms with Gasteiger partial charge in [0, 0.05) is 13.6 Å². The van der Waals surface area contributed by atoms with Crippen LogP contribution in [0, 0.1) is 5.92 Å². The summed E-state index contributed by atoms with van der Waals surface area (Å²) in [7, 11) is 1.69. The Hall–Kier alpha value is -2.53. The molecule has 0 aromatic carbocycles. The number of likely N-dealkylation sites (N-methyl/N-ethyl adjacent to an activating group) is 1. The van der Waals surface area contributed by atoms with Crippen LogP contribution in [0.2, 0.25) is 0 Å². The number of hydrogen-bond acceptors (Lipinski definition) is 8. The molecule has 3 rings (SSSR count). The Balaban J connectivity index is 1.83. The van der Waals surface area contributed by atoms with Crippen molar-refractivity contribution in [2.75, 3.05) is 13.6 Å². The van der Waals surface area contributed by atoms with Crippen molar-refractivity contribution in [3.05, 3.63) is 29.2 Å². The molecule has 0 spiro atoms. The Morgan fingerprint density at radius 3 is 2.74 bits per heavy atom. The maximum absolute atomic E-state index is 13.8. The van der Waals surface area contributed by atoms with Gasteiger partial charge in [0.2, 0.25) is 0 Å². The van der Waals surface area contributed by atoms with Gasteiger partial charge < -0.3 is 15.2 Å². The molecule has 2 aliphatic rings. The number of hydrogen-bond donors (Lipinski definition) is 3. The van der Waals surface area contributed by atoms with E-state index in [1.165, 1.54) is 12.1 Å². The number of hydrazine groups is 2. The van der Waals surface area contributed by atoms with Crippen molar-refractivity contribution in [2.24, 2.45) is 11.7 Å². The van der Waals surface area contributed by atoms with Crippen molar-refractivity contribution in [3.8, 4) is 5.75 Å². The van der Waals surface area contributed by atoms with Gasteiger partial charge in [-0.1, -0.05) is 0 Å². The van der Waals surface area contributed by atoms with Crippen LogP contribution in [0.3, 0.4) is 0 Å². The molecule has 31 heavy (non-hydrogen) atoms. The summed E-state index contributed by atoms with van der Waals surface area (Å²) in [5, 5.41) is 1.58. The van der Waals surface area contributed by atoms with Gasteiger partial charge in [-0.3, -0.25) is 15.2 Å². The molecular formula is C20H28F3N5O3. The maximum Gasteiger partial charge on any atom is 0.437 e. The van der Waals surface area contributed by atoms with Crippen molar-refractivity contribution < 1.29 is 27.4 Å². The van der Waals surface area contributed by atoms with Crippen LogP contribution in [0.4, 0.5) is 13.2 Å². The second-order valence-corrected chi connectivity index (χ2v) is 7.95. The maximum atomic E-state index is 13.8. The highest BCUT2D eigenvalue weighted by molar-refractivity contribution is 5.72. The Morgan fingerprint density at radius 2 is 2.10 bits per heavy atom. The molecular weight excluding hydrogens is 415 g/mol. The van der Waals surface area contributed by atoms with E-state index in [2.05, 4.69) is 15.9 Å². The minimum absolute atomic E-state index is 0.0963. The minimum Gasteiger partial charge on any atom is -0.488 e. The third-order valence-electron chi connectivity index (χ3n) is 5.22. The number of pyridine rings is 1. The Kier molecular flexibility index (Phi) is 6.95. The van der Waals surface area contributed by atoms with Gasteiger partial charge in [-0.05, 0) is 51.7 Å². The standard InChI is InChI=1S/C20H28F3N5O3/c1-11(2)30-19(29)12-5-4-6-13(9-12)31-16-8-7-14(25-18(16)20(21,22)23)17-15(10-24)28(3)27-26-17/h7-8,11-13,26-27H,4-6,9-10,24H2,1-3H3/t12-,13-/m0/s1. The second-order valence-electron chi connectivity index (χ2n) is 7.95. The number of halogens is 3. The van der Waals surface area contributed by atoms with Crippen molar-refractivity contribution >= 4 is 11.7 Å². The first-order valence-electron chi connectivity index (χ1n) is 10.2. The molecule has 1 saturated carbocycles. The molecule has 1 aromatic rings. The fraction of sp³-hybridized carbons (Fsp3) is 0.600. The van der Waals surface area contributed by atoms with Gasteiger partial charge in [0.25, 0.3) is 0 Å². The van der Waals surface area contributed by atoms with Crippen molar-refractivity contribution in [1.82, 2.24) is 21.0 Å². The van der Waals surface area contributed by atoms with E-state index in [0.717, 1.165) is 0 Å². The summed E-state index contributed by atoms with van der Waals surface area (Å²) in [6.07, 6.45) is -3.30. The van der Waals surface area contributed by atoms with E-state index in [1.54, 1.807) is 25.9 Å². The first-order valence-corrected chi connectivity index (χ1v) is 10.2. The van der Waals surface area contributed by atoms with Crippen molar-refractivity contribution in [1.29, 1.82) is 0 Å². The quantitative estimate of drug-likeness (QED) is 0.577. The van der Waals surface area contributed by atoms with Crippen LogP contribution in [-0.2, 0) is 15.7 Å². The fourth-order valence-electron chi connectivity index (χ4n) is 3.76. The molecule has 1 aromatic heterocycles. The molecule has 2 heterocycles. The summed E-state index contributed by atoms with van der Waals surface area (Å²) in [5.74, 6) is -1.07. The van der Waals surface area contributed by atoms with Gasteiger partial charge in [-0.2, -0.15) is 13.2 Å². The number of alkyl halides is 3. The van der Waals surface area contributed by atoms with Crippen LogP contribution in [0.15, 0.2) is 17.8 Å². The van der Waals surface area contributed by atoms with Crippen LogP contribution in [0.1, 0.15) is 50.9 Å². The van der Waals surface area contributed by atoms with Crippen molar-refractivity contribution in [3.63, 3.8) is 0 Å². The highest BCUT2D eigenvalue weighted by Crippen LogP contribution is 2.38. The van der Waals surface area contributed by atoms with E-state index >= 15 is 0 Å². The molecule has 0 amide bonds. The lowest BCUT2D eigenvalue weighted by Crippen LogP contribution is -2.35. The first-order chi connectivity index (χ1) is 14.6. The van der Waals surface area contributed by atoms with Crippen LogP contribution in [0.25, 0.3) is 5.70 Å². The second kappa shape index (κ2) is 9.31. The summed E-state index contributed by atoms with van der Waals surface area (Å²) in [5.41, 5.74) is 11.2. The van der Waals surface area contributed by atoms with Crippen LogP contribution < -0.4 is 21.4 Å². The summed E-state index contributed by atoms with van der Waals surface area (Å²) < 4.78 is 52.3. The molecule has 2 atom stereocenters. The number of esters is 1. The molecule has 0 unspecified atom stereocenters. The van der Waals surface area contributed by atoms with Gasteiger partial charge in [0.15, 0.2) is 11.4 Å². The number of rotatable bonds is 6. The average molecular weight is 443 g/mol. The van der Waals surface area contributed by atoms with Gasteiger partial charge in [0.1, 0.15) is 0 Å². The van der Waals surface area contributed by atoms with Crippen LogP contribution in [-0.4, -0.2) is 41.8 Å². The topological polar surface area (TPSA) is 102 Å².